The summed E-state index contributed by atoms with van der Waals surface area (Å²) < 4.78 is 39.6. The van der Waals surface area contributed by atoms with Gasteiger partial charge in [0.15, 0.2) is 0 Å². The average Bonchev–Trinajstić information content (AvgIpc) is 3.16. The Morgan fingerprint density at radius 3 is 2.63 bits per heavy atom. The maximum Gasteiger partial charge on any atom is 0.418 e. The number of alkyl halides is 3. The molecule has 0 unspecified atom stereocenters. The van der Waals surface area contributed by atoms with Crippen LogP contribution in [0.3, 0.4) is 0 Å². The van der Waals surface area contributed by atoms with Gasteiger partial charge >= 0.3 is 12.2 Å². The first-order valence-corrected chi connectivity index (χ1v) is 9.39. The lowest BCUT2D eigenvalue weighted by Crippen LogP contribution is -2.43. The van der Waals surface area contributed by atoms with Crippen LogP contribution in [0.2, 0.25) is 5.02 Å². The molecule has 4 amide bonds. The molecule has 0 saturated carbocycles. The summed E-state index contributed by atoms with van der Waals surface area (Å²) in [5.74, 6) is -1.58. The van der Waals surface area contributed by atoms with E-state index in [1.807, 2.05) is 12.1 Å². The molecule has 1 atom stereocenters. The number of amides is 4. The molecule has 4 rings (SSSR count). The van der Waals surface area contributed by atoms with Crippen LogP contribution in [-0.2, 0) is 27.7 Å². The van der Waals surface area contributed by atoms with Gasteiger partial charge in [-0.25, -0.2) is 4.79 Å². The number of halogens is 4. The summed E-state index contributed by atoms with van der Waals surface area (Å²) in [4.78, 5) is 38.6. The number of rotatable bonds is 3. The van der Waals surface area contributed by atoms with Gasteiger partial charge in [0.05, 0.1) is 16.3 Å². The van der Waals surface area contributed by atoms with Gasteiger partial charge in [0.1, 0.15) is 12.1 Å². The number of para-hydroxylation sites is 1. The van der Waals surface area contributed by atoms with Crippen LogP contribution in [0.1, 0.15) is 23.1 Å². The molecule has 1 aliphatic carbocycles. The van der Waals surface area contributed by atoms with Gasteiger partial charge < -0.3 is 10.6 Å². The number of hydrogen-bond acceptors (Lipinski definition) is 3. The number of carbonyl (C=O) groups is 3. The van der Waals surface area contributed by atoms with Crippen molar-refractivity contribution in [2.45, 2.75) is 24.6 Å². The molecule has 0 aromatic heterocycles. The minimum atomic E-state index is -4.74. The SMILES string of the molecule is O=C(CN1C(=O)N[C@]2(CCc3ccccc32)C1=O)Nc1c(Cl)cccc1C(F)(F)F. The van der Waals surface area contributed by atoms with E-state index in [0.29, 0.717) is 23.3 Å². The molecule has 2 aromatic carbocycles. The van der Waals surface area contributed by atoms with Crippen molar-refractivity contribution in [3.05, 3.63) is 64.2 Å². The third-order valence-electron chi connectivity index (χ3n) is 5.31. The third-order valence-corrected chi connectivity index (χ3v) is 5.62. The highest BCUT2D eigenvalue weighted by atomic mass is 35.5. The maximum absolute atomic E-state index is 13.2. The van der Waals surface area contributed by atoms with Crippen molar-refractivity contribution in [3.8, 4) is 0 Å². The summed E-state index contributed by atoms with van der Waals surface area (Å²) in [6, 6.07) is 9.48. The van der Waals surface area contributed by atoms with E-state index in [2.05, 4.69) is 10.6 Å². The predicted molar refractivity (Wildman–Crippen MR) is 102 cm³/mol. The number of nitrogens with one attached hydrogen (secondary N) is 2. The Bertz CT molecular complexity index is 1070. The zero-order chi connectivity index (χ0) is 21.7. The minimum absolute atomic E-state index is 0.309. The number of nitrogens with zero attached hydrogens (tertiary/aromatic N) is 1. The Labute approximate surface area is 174 Å². The Morgan fingerprint density at radius 1 is 1.17 bits per heavy atom. The summed E-state index contributed by atoms with van der Waals surface area (Å²) in [6.07, 6.45) is -3.82. The first-order chi connectivity index (χ1) is 14.1. The first-order valence-electron chi connectivity index (χ1n) is 9.01. The largest absolute Gasteiger partial charge is 0.418 e. The van der Waals surface area contributed by atoms with Crippen LogP contribution in [-0.4, -0.2) is 29.3 Å². The quantitative estimate of drug-likeness (QED) is 0.719. The van der Waals surface area contributed by atoms with Gasteiger partial charge in [-0.1, -0.05) is 41.9 Å². The van der Waals surface area contributed by atoms with E-state index in [0.717, 1.165) is 17.7 Å². The van der Waals surface area contributed by atoms with Crippen LogP contribution in [0.5, 0.6) is 0 Å². The predicted octanol–water partition coefficient (Wildman–Crippen LogP) is 3.69. The number of urea groups is 1. The summed E-state index contributed by atoms with van der Waals surface area (Å²) in [5, 5.41) is 4.43. The van der Waals surface area contributed by atoms with E-state index in [4.69, 9.17) is 11.6 Å². The van der Waals surface area contributed by atoms with Crippen molar-refractivity contribution >= 4 is 35.1 Å². The van der Waals surface area contributed by atoms with E-state index in [1.165, 1.54) is 6.07 Å². The van der Waals surface area contributed by atoms with Crippen LogP contribution in [0.25, 0.3) is 0 Å². The Balaban J connectivity index is 1.56. The van der Waals surface area contributed by atoms with Crippen molar-refractivity contribution in [2.24, 2.45) is 0 Å². The summed E-state index contributed by atoms with van der Waals surface area (Å²) >= 11 is 5.83. The van der Waals surface area contributed by atoms with Gasteiger partial charge in [-0.3, -0.25) is 14.5 Å². The topological polar surface area (TPSA) is 78.5 Å². The van der Waals surface area contributed by atoms with Crippen molar-refractivity contribution in [3.63, 3.8) is 0 Å². The number of hydrogen-bond donors (Lipinski definition) is 2. The molecule has 10 heteroatoms. The molecule has 1 saturated heterocycles. The molecule has 2 N–H and O–H groups in total. The Morgan fingerprint density at radius 2 is 1.90 bits per heavy atom. The highest BCUT2D eigenvalue weighted by molar-refractivity contribution is 6.34. The Kier molecular flexibility index (Phi) is 4.73. The highest BCUT2D eigenvalue weighted by Gasteiger charge is 2.55. The third kappa shape index (κ3) is 3.19. The second-order valence-electron chi connectivity index (χ2n) is 7.09. The molecular weight excluding hydrogens is 423 g/mol. The van der Waals surface area contributed by atoms with Crippen molar-refractivity contribution in [1.82, 2.24) is 10.2 Å². The number of carbonyl (C=O) groups excluding carboxylic acids is 3. The molecule has 6 nitrogen and oxygen atoms in total. The molecule has 2 aromatic rings. The van der Waals surface area contributed by atoms with Crippen LogP contribution in [0.4, 0.5) is 23.7 Å². The van der Waals surface area contributed by atoms with Gasteiger partial charge in [0.25, 0.3) is 5.91 Å². The molecule has 1 spiro atoms. The summed E-state index contributed by atoms with van der Waals surface area (Å²) in [6.45, 7) is -0.739. The number of imide groups is 1. The van der Waals surface area contributed by atoms with Gasteiger partial charge in [-0.2, -0.15) is 13.2 Å². The second-order valence-corrected chi connectivity index (χ2v) is 7.50. The number of aryl methyl sites for hydroxylation is 1. The highest BCUT2D eigenvalue weighted by Crippen LogP contribution is 2.41. The van der Waals surface area contributed by atoms with Crippen LogP contribution >= 0.6 is 11.6 Å². The first kappa shape index (κ1) is 20.2. The molecular formula is C20H15ClF3N3O3. The number of fused-ring (bicyclic) bond motifs is 2. The molecule has 1 aliphatic heterocycles. The number of benzene rings is 2. The maximum atomic E-state index is 13.2. The van der Waals surface area contributed by atoms with Crippen molar-refractivity contribution in [2.75, 3.05) is 11.9 Å². The van der Waals surface area contributed by atoms with Crippen LogP contribution in [0, 0.1) is 0 Å². The van der Waals surface area contributed by atoms with Crippen molar-refractivity contribution in [1.29, 1.82) is 0 Å². The molecule has 0 bridgehead atoms. The van der Waals surface area contributed by atoms with Gasteiger partial charge in [0.2, 0.25) is 5.91 Å². The summed E-state index contributed by atoms with van der Waals surface area (Å²) in [5.41, 5.74) is -1.42. The molecule has 2 aliphatic rings. The van der Waals surface area contributed by atoms with Crippen molar-refractivity contribution < 1.29 is 27.6 Å². The zero-order valence-corrected chi connectivity index (χ0v) is 16.1. The second kappa shape index (κ2) is 7.02. The average molecular weight is 438 g/mol. The van der Waals surface area contributed by atoms with Gasteiger partial charge in [-0.15, -0.1) is 0 Å². The normalized spacial score (nSPS) is 20.5. The van der Waals surface area contributed by atoms with Gasteiger partial charge in [-0.05, 0) is 36.1 Å². The van der Waals surface area contributed by atoms with E-state index in [1.54, 1.807) is 12.1 Å². The van der Waals surface area contributed by atoms with E-state index in [9.17, 15) is 27.6 Å². The van der Waals surface area contributed by atoms with Crippen LogP contribution < -0.4 is 10.6 Å². The minimum Gasteiger partial charge on any atom is -0.323 e. The Hall–Kier alpha value is -3.07. The van der Waals surface area contributed by atoms with Crippen LogP contribution in [0.15, 0.2) is 42.5 Å². The standard InChI is InChI=1S/C20H15ClF3N3O3/c21-14-7-3-6-13(20(22,23)24)16(14)25-15(28)10-27-17(29)19(26-18(27)30)9-8-11-4-1-2-5-12(11)19/h1-7H,8-10H2,(H,25,28)(H,26,30)/t19-/m0/s1. The lowest BCUT2D eigenvalue weighted by molar-refractivity contribution is -0.137. The zero-order valence-electron chi connectivity index (χ0n) is 15.3. The molecule has 1 heterocycles. The monoisotopic (exact) mass is 437 g/mol. The smallest absolute Gasteiger partial charge is 0.323 e. The molecule has 156 valence electrons. The van der Waals surface area contributed by atoms with E-state index in [-0.39, 0.29) is 5.02 Å². The summed E-state index contributed by atoms with van der Waals surface area (Å²) in [7, 11) is 0. The fourth-order valence-electron chi connectivity index (χ4n) is 3.94. The number of anilines is 1. The lowest BCUT2D eigenvalue weighted by Gasteiger charge is -2.22. The van der Waals surface area contributed by atoms with E-state index >= 15 is 0 Å². The fraction of sp³-hybridized carbons (Fsp3) is 0.250. The lowest BCUT2D eigenvalue weighted by atomic mass is 9.92. The van der Waals surface area contributed by atoms with E-state index < -0.39 is 47.4 Å². The molecule has 0 radical (unpaired) electrons. The fourth-order valence-corrected chi connectivity index (χ4v) is 4.16. The molecule has 30 heavy (non-hydrogen) atoms. The molecule has 1 fully saturated rings. The van der Waals surface area contributed by atoms with Gasteiger partial charge in [0, 0.05) is 0 Å².